The lowest BCUT2D eigenvalue weighted by Crippen LogP contribution is -2.32. The first-order chi connectivity index (χ1) is 7.60. The molecule has 1 rings (SSSR count). The van der Waals surface area contributed by atoms with Crippen LogP contribution in [-0.2, 0) is 11.0 Å². The number of halogens is 3. The van der Waals surface area contributed by atoms with Gasteiger partial charge < -0.3 is 11.5 Å². The maximum atomic E-state index is 12.3. The molecular formula is C10H16F3N3OS. The topological polar surface area (TPSA) is 77.0 Å². The molecule has 0 saturated carbocycles. The van der Waals surface area contributed by atoms with Gasteiger partial charge in [0.25, 0.3) is 0 Å². The molecule has 1 aromatic rings. The number of nitrogens with one attached hydrogen (secondary N) is 1. The Morgan fingerprint density at radius 1 is 1.39 bits per heavy atom. The highest BCUT2D eigenvalue weighted by molar-refractivity contribution is 7.82. The quantitative estimate of drug-likeness (QED) is 0.730. The van der Waals surface area contributed by atoms with Crippen LogP contribution in [0.1, 0.15) is 21.0 Å². The van der Waals surface area contributed by atoms with Gasteiger partial charge in [0, 0.05) is 1.43 Å². The molecule has 0 unspecified atom stereocenters. The van der Waals surface area contributed by atoms with Gasteiger partial charge in [-0.3, -0.25) is 4.79 Å². The van der Waals surface area contributed by atoms with Crippen molar-refractivity contribution in [2.24, 2.45) is 0 Å². The molecule has 8 heteroatoms. The lowest BCUT2D eigenvalue weighted by molar-refractivity contribution is -0.141. The van der Waals surface area contributed by atoms with Crippen LogP contribution in [0.4, 0.5) is 19.0 Å². The molecule has 1 amide bonds. The van der Waals surface area contributed by atoms with Crippen molar-refractivity contribution in [2.45, 2.75) is 24.8 Å². The predicted molar refractivity (Wildman–Crippen MR) is 68.1 cm³/mol. The summed E-state index contributed by atoms with van der Waals surface area (Å²) < 4.78 is 36.1. The summed E-state index contributed by atoms with van der Waals surface area (Å²) in [6.45, 7) is 3.05. The van der Waals surface area contributed by atoms with Gasteiger partial charge in [-0.05, 0) is 26.0 Å². The third-order valence-electron chi connectivity index (χ3n) is 1.84. The summed E-state index contributed by atoms with van der Waals surface area (Å²) in [5, 5.41) is 2.27. The van der Waals surface area contributed by atoms with Gasteiger partial charge in [0.05, 0.1) is 4.75 Å². The number of amides is 1. The number of pyridine rings is 1. The molecule has 4 N–H and O–H groups in total. The molecule has 1 aromatic heterocycles. The number of alkyl halides is 3. The van der Waals surface area contributed by atoms with E-state index >= 15 is 0 Å². The van der Waals surface area contributed by atoms with Crippen LogP contribution in [0.5, 0.6) is 0 Å². The molecule has 0 aliphatic carbocycles. The number of carbonyl (C=O) groups is 1. The highest BCUT2D eigenvalue weighted by atomic mass is 32.1. The zero-order valence-electron chi connectivity index (χ0n) is 9.88. The summed E-state index contributed by atoms with van der Waals surface area (Å²) in [6, 6.07) is 3.30. The van der Waals surface area contributed by atoms with Crippen molar-refractivity contribution >= 4 is 24.4 Å². The largest absolute Gasteiger partial charge is 0.433 e. The number of rotatable bonds is 2. The zero-order chi connectivity index (χ0) is 13.3. The van der Waals surface area contributed by atoms with E-state index in [1.54, 1.807) is 0 Å². The van der Waals surface area contributed by atoms with E-state index in [0.717, 1.165) is 6.07 Å². The maximum Gasteiger partial charge on any atom is 0.433 e. The molecule has 0 bridgehead atoms. The summed E-state index contributed by atoms with van der Waals surface area (Å²) in [5.41, 5.74) is -1.05. The van der Waals surface area contributed by atoms with E-state index in [-0.39, 0.29) is 13.4 Å². The molecule has 1 heterocycles. The van der Waals surface area contributed by atoms with Gasteiger partial charge >= 0.3 is 6.18 Å². The Kier molecular flexibility index (Phi) is 5.18. The Morgan fingerprint density at radius 3 is 2.39 bits per heavy atom. The second kappa shape index (κ2) is 5.57. The Hall–Kier alpha value is -1.28. The first kappa shape index (κ1) is 16.7. The van der Waals surface area contributed by atoms with Crippen molar-refractivity contribution < 1.29 is 19.4 Å². The molecule has 0 radical (unpaired) electrons. The van der Waals surface area contributed by atoms with Crippen molar-refractivity contribution in [2.75, 3.05) is 5.32 Å². The molecule has 0 saturated heterocycles. The smallest absolute Gasteiger partial charge is 0.344 e. The van der Waals surface area contributed by atoms with Crippen LogP contribution in [0.3, 0.4) is 0 Å². The first-order valence-electron chi connectivity index (χ1n) is 4.69. The van der Waals surface area contributed by atoms with Crippen molar-refractivity contribution in [1.29, 1.82) is 0 Å². The standard InChI is InChI=1S/C10H11F3N2OS.H3N.H2/c1-9(2,17)8(16)15-7-5-3-4-6(14-7)10(11,12)13;;/h3-5,17H,1-2H3,(H,14,15,16);1H3;1H. The number of thiol groups is 1. The fraction of sp³-hybridized carbons (Fsp3) is 0.400. The Morgan fingerprint density at radius 2 is 1.94 bits per heavy atom. The van der Waals surface area contributed by atoms with Gasteiger partial charge in [-0.25, -0.2) is 4.98 Å². The third-order valence-corrected chi connectivity index (χ3v) is 2.04. The second-order valence-corrected chi connectivity index (χ2v) is 5.04. The lowest BCUT2D eigenvalue weighted by Gasteiger charge is -2.16. The fourth-order valence-corrected chi connectivity index (χ4v) is 0.987. The molecule has 104 valence electrons. The van der Waals surface area contributed by atoms with Gasteiger partial charge in [-0.15, -0.1) is 0 Å². The highest BCUT2D eigenvalue weighted by Gasteiger charge is 2.32. The minimum atomic E-state index is -4.53. The van der Waals surface area contributed by atoms with Crippen molar-refractivity contribution in [3.8, 4) is 0 Å². The maximum absolute atomic E-state index is 12.3. The molecule has 4 nitrogen and oxygen atoms in total. The number of anilines is 1. The number of hydrogen-bond acceptors (Lipinski definition) is 4. The second-order valence-electron chi connectivity index (χ2n) is 3.92. The van der Waals surface area contributed by atoms with E-state index < -0.39 is 22.5 Å². The zero-order valence-corrected chi connectivity index (χ0v) is 10.8. The third kappa shape index (κ3) is 4.53. The Labute approximate surface area is 109 Å². The summed E-state index contributed by atoms with van der Waals surface area (Å²) in [4.78, 5) is 14.8. The molecule has 0 atom stereocenters. The normalized spacial score (nSPS) is 11.7. The molecular weight excluding hydrogens is 267 g/mol. The van der Waals surface area contributed by atoms with Crippen LogP contribution in [0.25, 0.3) is 0 Å². The SMILES string of the molecule is CC(C)(S)C(=O)Nc1cccc(C(F)(F)F)n1.N.[HH]. The molecule has 0 aromatic carbocycles. The van der Waals surface area contributed by atoms with E-state index in [0.29, 0.717) is 0 Å². The predicted octanol–water partition coefficient (Wildman–Crippen LogP) is 3.16. The van der Waals surface area contributed by atoms with Crippen LogP contribution in [0.2, 0.25) is 0 Å². The monoisotopic (exact) mass is 283 g/mol. The van der Waals surface area contributed by atoms with Crippen molar-refractivity contribution in [3.05, 3.63) is 23.9 Å². The van der Waals surface area contributed by atoms with E-state index in [1.807, 2.05) is 0 Å². The molecule has 0 aliphatic rings. The van der Waals surface area contributed by atoms with E-state index in [9.17, 15) is 18.0 Å². The van der Waals surface area contributed by atoms with E-state index in [1.165, 1.54) is 26.0 Å². The van der Waals surface area contributed by atoms with Crippen molar-refractivity contribution in [1.82, 2.24) is 11.1 Å². The average Bonchev–Trinajstić information content (AvgIpc) is 2.15. The molecule has 0 aliphatic heterocycles. The Bertz CT molecular complexity index is 435. The number of aromatic nitrogens is 1. The van der Waals surface area contributed by atoms with E-state index in [2.05, 4.69) is 22.9 Å². The molecule has 0 fully saturated rings. The Balaban J connectivity index is 0. The summed E-state index contributed by atoms with van der Waals surface area (Å²) >= 11 is 4.00. The highest BCUT2D eigenvalue weighted by Crippen LogP contribution is 2.28. The lowest BCUT2D eigenvalue weighted by atomic mass is 10.2. The minimum Gasteiger partial charge on any atom is -0.344 e. The summed E-state index contributed by atoms with van der Waals surface area (Å²) in [5.74, 6) is -0.667. The van der Waals surface area contributed by atoms with Gasteiger partial charge in [-0.1, -0.05) is 6.07 Å². The van der Waals surface area contributed by atoms with Gasteiger partial charge in [-0.2, -0.15) is 25.8 Å². The fourth-order valence-electron chi connectivity index (χ4n) is 0.931. The number of nitrogens with zero attached hydrogens (tertiary/aromatic N) is 1. The number of carbonyl (C=O) groups excluding carboxylic acids is 1. The average molecular weight is 283 g/mol. The first-order valence-corrected chi connectivity index (χ1v) is 5.13. The van der Waals surface area contributed by atoms with Crippen LogP contribution in [0, 0.1) is 0 Å². The van der Waals surface area contributed by atoms with Gasteiger partial charge in [0.15, 0.2) is 0 Å². The van der Waals surface area contributed by atoms with E-state index in [4.69, 9.17) is 0 Å². The van der Waals surface area contributed by atoms with Crippen molar-refractivity contribution in [3.63, 3.8) is 0 Å². The van der Waals surface area contributed by atoms with Crippen LogP contribution < -0.4 is 11.5 Å². The van der Waals surface area contributed by atoms with Crippen LogP contribution >= 0.6 is 12.6 Å². The summed E-state index contributed by atoms with van der Waals surface area (Å²) in [7, 11) is 0. The van der Waals surface area contributed by atoms with Gasteiger partial charge in [0.2, 0.25) is 5.91 Å². The number of hydrogen-bond donors (Lipinski definition) is 3. The molecule has 0 spiro atoms. The van der Waals surface area contributed by atoms with Gasteiger partial charge in [0.1, 0.15) is 11.5 Å². The minimum absolute atomic E-state index is 0. The summed E-state index contributed by atoms with van der Waals surface area (Å²) in [6.07, 6.45) is -4.53. The van der Waals surface area contributed by atoms with Crippen LogP contribution in [0.15, 0.2) is 18.2 Å². The van der Waals surface area contributed by atoms with Crippen LogP contribution in [-0.4, -0.2) is 15.6 Å². The molecule has 18 heavy (non-hydrogen) atoms.